The maximum atomic E-state index is 13.3. The number of hydrogen-bond donors (Lipinski definition) is 0. The molecule has 1 aromatic heterocycles. The van der Waals surface area contributed by atoms with E-state index in [0.29, 0.717) is 13.1 Å². The number of aromatic nitrogens is 1. The van der Waals surface area contributed by atoms with Crippen LogP contribution in [-0.2, 0) is 6.54 Å². The van der Waals surface area contributed by atoms with E-state index in [-0.39, 0.29) is 5.91 Å². The molecule has 0 bridgehead atoms. The summed E-state index contributed by atoms with van der Waals surface area (Å²) in [5.41, 5.74) is 4.87. The van der Waals surface area contributed by atoms with Crippen molar-refractivity contribution in [3.8, 4) is 0 Å². The van der Waals surface area contributed by atoms with E-state index in [0.717, 1.165) is 28.7 Å². The zero-order valence-electron chi connectivity index (χ0n) is 14.6. The summed E-state index contributed by atoms with van der Waals surface area (Å²) >= 11 is 0. The highest BCUT2D eigenvalue weighted by Gasteiger charge is 2.23. The number of anilines is 1. The first kappa shape index (κ1) is 15.6. The molecular weight excluding hydrogens is 310 g/mol. The number of carbonyl (C=O) groups excluding carboxylic acids is 1. The van der Waals surface area contributed by atoms with Gasteiger partial charge in [0.25, 0.3) is 5.91 Å². The molecule has 1 amide bonds. The second-order valence-corrected chi connectivity index (χ2v) is 6.61. The van der Waals surface area contributed by atoms with Crippen molar-refractivity contribution in [1.82, 2.24) is 9.88 Å². The number of amides is 1. The van der Waals surface area contributed by atoms with E-state index in [9.17, 15) is 4.79 Å². The summed E-state index contributed by atoms with van der Waals surface area (Å²) in [6, 6.07) is 18.1. The van der Waals surface area contributed by atoms with Crippen molar-refractivity contribution in [3.05, 3.63) is 71.4 Å². The van der Waals surface area contributed by atoms with Crippen LogP contribution < -0.4 is 4.90 Å². The molecule has 0 aliphatic carbocycles. The van der Waals surface area contributed by atoms with Crippen LogP contribution in [0.5, 0.6) is 0 Å². The number of nitrogens with zero attached hydrogens (tertiary/aromatic N) is 3. The Morgan fingerprint density at radius 3 is 2.68 bits per heavy atom. The van der Waals surface area contributed by atoms with Crippen molar-refractivity contribution >= 4 is 22.5 Å². The quantitative estimate of drug-likeness (QED) is 0.683. The first-order valence-electron chi connectivity index (χ1n) is 8.58. The number of pyridine rings is 1. The molecule has 0 saturated heterocycles. The van der Waals surface area contributed by atoms with Gasteiger partial charge in [0, 0.05) is 43.4 Å². The van der Waals surface area contributed by atoms with Crippen LogP contribution in [0.15, 0.2) is 54.6 Å². The van der Waals surface area contributed by atoms with Gasteiger partial charge in [-0.15, -0.1) is 0 Å². The van der Waals surface area contributed by atoms with Gasteiger partial charge in [-0.3, -0.25) is 9.78 Å². The number of carbonyl (C=O) groups is 1. The van der Waals surface area contributed by atoms with E-state index >= 15 is 0 Å². The van der Waals surface area contributed by atoms with Gasteiger partial charge in [0.15, 0.2) is 0 Å². The summed E-state index contributed by atoms with van der Waals surface area (Å²) < 4.78 is 0. The molecule has 2 aromatic carbocycles. The number of hydrogen-bond acceptors (Lipinski definition) is 3. The van der Waals surface area contributed by atoms with E-state index < -0.39 is 0 Å². The van der Waals surface area contributed by atoms with Gasteiger partial charge < -0.3 is 9.80 Å². The molecule has 4 nitrogen and oxygen atoms in total. The number of para-hydroxylation sites is 2. The van der Waals surface area contributed by atoms with Crippen LogP contribution in [-0.4, -0.2) is 35.9 Å². The van der Waals surface area contributed by atoms with Gasteiger partial charge >= 0.3 is 0 Å². The average molecular weight is 331 g/mol. The Bertz CT molecular complexity index is 951. The van der Waals surface area contributed by atoms with Crippen LogP contribution in [0.25, 0.3) is 10.9 Å². The fourth-order valence-corrected chi connectivity index (χ4v) is 3.52. The Morgan fingerprint density at radius 2 is 1.80 bits per heavy atom. The van der Waals surface area contributed by atoms with Crippen LogP contribution in [0.1, 0.15) is 21.6 Å². The third-order valence-electron chi connectivity index (χ3n) is 4.83. The molecule has 0 fully saturated rings. The number of rotatable bonds is 1. The molecule has 0 unspecified atom stereocenters. The lowest BCUT2D eigenvalue weighted by Crippen LogP contribution is -2.34. The molecule has 4 rings (SSSR count). The zero-order chi connectivity index (χ0) is 17.4. The molecule has 2 heterocycles. The van der Waals surface area contributed by atoms with Crippen molar-refractivity contribution in [2.45, 2.75) is 13.5 Å². The first-order chi connectivity index (χ1) is 12.1. The van der Waals surface area contributed by atoms with Crippen molar-refractivity contribution in [3.63, 3.8) is 0 Å². The molecule has 1 aliphatic heterocycles. The first-order valence-corrected chi connectivity index (χ1v) is 8.58. The Hall–Kier alpha value is -2.88. The molecule has 0 N–H and O–H groups in total. The Kier molecular flexibility index (Phi) is 3.88. The van der Waals surface area contributed by atoms with E-state index in [2.05, 4.69) is 29.1 Å². The van der Waals surface area contributed by atoms with Gasteiger partial charge in [-0.1, -0.05) is 36.4 Å². The number of likely N-dealkylation sites (N-methyl/N-ethyl adjacent to an activating group) is 1. The average Bonchev–Trinajstić information content (AvgIpc) is 2.80. The molecule has 0 atom stereocenters. The highest BCUT2D eigenvalue weighted by Crippen LogP contribution is 2.26. The summed E-state index contributed by atoms with van der Waals surface area (Å²) in [6.45, 7) is 4.11. The summed E-state index contributed by atoms with van der Waals surface area (Å²) in [5, 5.41) is 0.920. The SMILES string of the molecule is Cc1cc(C(=O)N2CCN(C)c3ccccc3C2)c2ccccc2n1. The molecule has 0 saturated carbocycles. The maximum Gasteiger partial charge on any atom is 0.254 e. The normalized spacial score (nSPS) is 14.3. The predicted molar refractivity (Wildman–Crippen MR) is 101 cm³/mol. The molecule has 0 spiro atoms. The lowest BCUT2D eigenvalue weighted by atomic mass is 10.1. The van der Waals surface area contributed by atoms with Crippen LogP contribution in [0, 0.1) is 6.92 Å². The van der Waals surface area contributed by atoms with E-state index in [4.69, 9.17) is 0 Å². The largest absolute Gasteiger partial charge is 0.373 e. The van der Waals surface area contributed by atoms with Crippen LogP contribution in [0.2, 0.25) is 0 Å². The Balaban J connectivity index is 1.75. The fraction of sp³-hybridized carbons (Fsp3) is 0.238. The molecule has 1 aliphatic rings. The van der Waals surface area contributed by atoms with Crippen LogP contribution >= 0.6 is 0 Å². The van der Waals surface area contributed by atoms with Gasteiger partial charge in [0.1, 0.15) is 0 Å². The van der Waals surface area contributed by atoms with Crippen molar-refractivity contribution < 1.29 is 4.79 Å². The maximum absolute atomic E-state index is 13.3. The lowest BCUT2D eigenvalue weighted by molar-refractivity contribution is 0.0753. The van der Waals surface area contributed by atoms with Crippen LogP contribution in [0.4, 0.5) is 5.69 Å². The number of fused-ring (bicyclic) bond motifs is 2. The van der Waals surface area contributed by atoms with Crippen LogP contribution in [0.3, 0.4) is 0 Å². The Morgan fingerprint density at radius 1 is 1.04 bits per heavy atom. The topological polar surface area (TPSA) is 36.4 Å². The third-order valence-corrected chi connectivity index (χ3v) is 4.83. The Labute approximate surface area is 147 Å². The van der Waals surface area contributed by atoms with Crippen molar-refractivity contribution in [2.75, 3.05) is 25.0 Å². The van der Waals surface area contributed by atoms with Crippen molar-refractivity contribution in [1.29, 1.82) is 0 Å². The minimum atomic E-state index is 0.0757. The summed E-state index contributed by atoms with van der Waals surface area (Å²) in [7, 11) is 2.08. The third kappa shape index (κ3) is 2.84. The predicted octanol–water partition coefficient (Wildman–Crippen LogP) is 3.64. The molecular formula is C21H21N3O. The van der Waals surface area contributed by atoms with Gasteiger partial charge in [0.2, 0.25) is 0 Å². The van der Waals surface area contributed by atoms with Crippen molar-refractivity contribution in [2.24, 2.45) is 0 Å². The lowest BCUT2D eigenvalue weighted by Gasteiger charge is -2.22. The fourth-order valence-electron chi connectivity index (χ4n) is 3.52. The zero-order valence-corrected chi connectivity index (χ0v) is 14.6. The van der Waals surface area contributed by atoms with E-state index in [1.807, 2.05) is 54.3 Å². The highest BCUT2D eigenvalue weighted by molar-refractivity contribution is 6.06. The summed E-state index contributed by atoms with van der Waals surface area (Å²) in [4.78, 5) is 22.0. The summed E-state index contributed by atoms with van der Waals surface area (Å²) in [5.74, 6) is 0.0757. The van der Waals surface area contributed by atoms with Gasteiger partial charge in [-0.05, 0) is 30.7 Å². The molecule has 4 heteroatoms. The summed E-state index contributed by atoms with van der Waals surface area (Å²) in [6.07, 6.45) is 0. The number of benzene rings is 2. The number of aryl methyl sites for hydroxylation is 1. The minimum Gasteiger partial charge on any atom is -0.373 e. The monoisotopic (exact) mass is 331 g/mol. The smallest absolute Gasteiger partial charge is 0.254 e. The van der Waals surface area contributed by atoms with Gasteiger partial charge in [0.05, 0.1) is 11.1 Å². The second kappa shape index (κ2) is 6.20. The molecule has 25 heavy (non-hydrogen) atoms. The minimum absolute atomic E-state index is 0.0757. The van der Waals surface area contributed by atoms with Gasteiger partial charge in [-0.25, -0.2) is 0 Å². The van der Waals surface area contributed by atoms with Gasteiger partial charge in [-0.2, -0.15) is 0 Å². The molecule has 126 valence electrons. The van der Waals surface area contributed by atoms with E-state index in [1.54, 1.807) is 0 Å². The molecule has 3 aromatic rings. The standard InChI is InChI=1S/C21H21N3O/c1-15-13-18(17-8-4-5-9-19(17)22-15)21(25)24-12-11-23(2)20-10-6-3-7-16(20)14-24/h3-10,13H,11-12,14H2,1-2H3. The van der Waals surface area contributed by atoms with E-state index in [1.165, 1.54) is 11.3 Å². The second-order valence-electron chi connectivity index (χ2n) is 6.61. The molecule has 0 radical (unpaired) electrons. The highest BCUT2D eigenvalue weighted by atomic mass is 16.2.